The average Bonchev–Trinajstić information content (AvgIpc) is 2.29. The molecule has 1 rings (SSSR count). The van der Waals surface area contributed by atoms with Crippen LogP contribution >= 0.6 is 12.6 Å². The van der Waals surface area contributed by atoms with Crippen molar-refractivity contribution >= 4 is 18.5 Å². The summed E-state index contributed by atoms with van der Waals surface area (Å²) in [7, 11) is 0. The Morgan fingerprint density at radius 3 is 3.00 bits per heavy atom. The van der Waals surface area contributed by atoms with E-state index in [-0.39, 0.29) is 18.6 Å². The molecule has 0 aromatic carbocycles. The van der Waals surface area contributed by atoms with Crippen molar-refractivity contribution in [3.63, 3.8) is 0 Å². The zero-order valence-electron chi connectivity index (χ0n) is 9.67. The third-order valence-electron chi connectivity index (χ3n) is 2.34. The molecule has 17 heavy (non-hydrogen) atoms. The maximum Gasteiger partial charge on any atom is 0.246 e. The molecule has 0 fully saturated rings. The Balaban J connectivity index is 2.59. The summed E-state index contributed by atoms with van der Waals surface area (Å²) in [6.45, 7) is 8.15. The minimum absolute atomic E-state index is 0.0582. The van der Waals surface area contributed by atoms with Crippen molar-refractivity contribution in [3.8, 4) is 0 Å². The number of amides is 1. The average molecular weight is 254 g/mol. The molecule has 1 heterocycles. The van der Waals surface area contributed by atoms with Gasteiger partial charge in [0.25, 0.3) is 0 Å². The van der Waals surface area contributed by atoms with E-state index in [1.165, 1.54) is 11.1 Å². The van der Waals surface area contributed by atoms with E-state index in [9.17, 15) is 4.79 Å². The van der Waals surface area contributed by atoms with Gasteiger partial charge in [0, 0.05) is 18.5 Å². The van der Waals surface area contributed by atoms with E-state index < -0.39 is 0 Å². The highest BCUT2D eigenvalue weighted by molar-refractivity contribution is 7.80. The predicted octanol–water partition coefficient (Wildman–Crippen LogP) is 0.0632. The third kappa shape index (κ3) is 3.83. The molecule has 0 saturated carbocycles. The second kappa shape index (κ2) is 6.36. The van der Waals surface area contributed by atoms with E-state index in [1.54, 1.807) is 17.2 Å². The predicted molar refractivity (Wildman–Crippen MR) is 71.9 cm³/mol. The van der Waals surface area contributed by atoms with E-state index in [4.69, 9.17) is 5.73 Å². The molecule has 0 spiro atoms. The number of nitrogens with one attached hydrogen (secondary N) is 1. The number of carbonyl (C=O) groups is 1. The van der Waals surface area contributed by atoms with E-state index >= 15 is 0 Å². The first-order valence-corrected chi connectivity index (χ1v) is 5.90. The van der Waals surface area contributed by atoms with E-state index in [0.29, 0.717) is 18.1 Å². The van der Waals surface area contributed by atoms with Gasteiger partial charge in [-0.1, -0.05) is 13.2 Å². The van der Waals surface area contributed by atoms with Crippen LogP contribution in [-0.2, 0) is 4.79 Å². The lowest BCUT2D eigenvalue weighted by Gasteiger charge is -2.30. The van der Waals surface area contributed by atoms with E-state index in [0.717, 1.165) is 0 Å². The van der Waals surface area contributed by atoms with Crippen LogP contribution in [-0.4, -0.2) is 40.7 Å². The molecule has 0 aromatic rings. The van der Waals surface area contributed by atoms with Gasteiger partial charge < -0.3 is 20.9 Å². The smallest absolute Gasteiger partial charge is 0.246 e. The first-order chi connectivity index (χ1) is 8.08. The van der Waals surface area contributed by atoms with Crippen molar-refractivity contribution in [1.82, 2.24) is 15.1 Å². The molecular weight excluding hydrogens is 236 g/mol. The molecule has 0 aliphatic carbocycles. The lowest BCUT2D eigenvalue weighted by molar-refractivity contribution is -0.128. The molecule has 0 radical (unpaired) electrons. The fourth-order valence-corrected chi connectivity index (χ4v) is 1.64. The monoisotopic (exact) mass is 254 g/mol. The van der Waals surface area contributed by atoms with Gasteiger partial charge in [-0.05, 0) is 12.3 Å². The summed E-state index contributed by atoms with van der Waals surface area (Å²) in [4.78, 5) is 15.1. The summed E-state index contributed by atoms with van der Waals surface area (Å²) in [5.74, 6) is 1.15. The Labute approximate surface area is 107 Å². The van der Waals surface area contributed by atoms with Crippen LogP contribution in [0.4, 0.5) is 0 Å². The van der Waals surface area contributed by atoms with Crippen molar-refractivity contribution in [1.29, 1.82) is 0 Å². The van der Waals surface area contributed by atoms with Gasteiger partial charge in [-0.3, -0.25) is 4.79 Å². The molecule has 6 heteroatoms. The molecular formula is C11H18N4OS. The highest BCUT2D eigenvalue weighted by Crippen LogP contribution is 2.07. The summed E-state index contributed by atoms with van der Waals surface area (Å²) >= 11 is 4.09. The van der Waals surface area contributed by atoms with Crippen molar-refractivity contribution in [2.45, 2.75) is 6.17 Å². The largest absolute Gasteiger partial charge is 0.353 e. The minimum Gasteiger partial charge on any atom is -0.353 e. The molecule has 0 saturated heterocycles. The Bertz CT molecular complexity index is 342. The Kier molecular flexibility index (Phi) is 5.11. The molecule has 0 aromatic heterocycles. The second-order valence-corrected chi connectivity index (χ2v) is 4.03. The van der Waals surface area contributed by atoms with Crippen LogP contribution in [0, 0.1) is 0 Å². The summed E-state index contributed by atoms with van der Waals surface area (Å²) < 4.78 is 0. The van der Waals surface area contributed by atoms with Gasteiger partial charge in [0.1, 0.15) is 6.54 Å². The van der Waals surface area contributed by atoms with Crippen molar-refractivity contribution in [2.24, 2.45) is 5.73 Å². The summed E-state index contributed by atoms with van der Waals surface area (Å²) in [6, 6.07) is 0. The van der Waals surface area contributed by atoms with Crippen LogP contribution in [0.1, 0.15) is 0 Å². The molecule has 1 amide bonds. The molecule has 1 atom stereocenters. The van der Waals surface area contributed by atoms with Gasteiger partial charge in [-0.15, -0.1) is 0 Å². The van der Waals surface area contributed by atoms with Crippen molar-refractivity contribution < 1.29 is 4.79 Å². The number of hydrogen-bond donors (Lipinski definition) is 3. The van der Waals surface area contributed by atoms with Crippen molar-refractivity contribution in [3.05, 3.63) is 37.5 Å². The van der Waals surface area contributed by atoms with E-state index in [1.807, 2.05) is 0 Å². The zero-order chi connectivity index (χ0) is 12.8. The van der Waals surface area contributed by atoms with Crippen LogP contribution in [0.2, 0.25) is 0 Å². The molecule has 94 valence electrons. The zero-order valence-corrected chi connectivity index (χ0v) is 10.6. The topological polar surface area (TPSA) is 61.6 Å². The molecule has 1 aliphatic rings. The first kappa shape index (κ1) is 13.7. The van der Waals surface area contributed by atoms with Gasteiger partial charge in [0.2, 0.25) is 5.91 Å². The molecule has 5 nitrogen and oxygen atoms in total. The number of rotatable bonds is 5. The number of nitrogens with two attached hydrogens (primary N) is 1. The lowest BCUT2D eigenvalue weighted by atomic mass is 10.3. The maximum atomic E-state index is 11.9. The maximum absolute atomic E-state index is 11.9. The fraction of sp³-hybridized carbons (Fsp3) is 0.364. The van der Waals surface area contributed by atoms with Gasteiger partial charge >= 0.3 is 0 Å². The highest BCUT2D eigenvalue weighted by atomic mass is 32.1. The highest BCUT2D eigenvalue weighted by Gasteiger charge is 2.18. The Morgan fingerprint density at radius 2 is 2.47 bits per heavy atom. The quantitative estimate of drug-likeness (QED) is 0.607. The molecule has 3 N–H and O–H groups in total. The van der Waals surface area contributed by atoms with Crippen LogP contribution < -0.4 is 11.1 Å². The Morgan fingerprint density at radius 1 is 1.76 bits per heavy atom. The standard InChI is InChI=1S/C11H18N4OS/c1-3-14(6-7-17)11(16)8-15-5-4-10(12)13-9(15)2/h3-5,10,13,17H,1-2,6-8,12H2. The van der Waals surface area contributed by atoms with Gasteiger partial charge in [-0.2, -0.15) is 12.6 Å². The minimum atomic E-state index is -0.248. The van der Waals surface area contributed by atoms with Crippen LogP contribution in [0.5, 0.6) is 0 Å². The molecule has 1 unspecified atom stereocenters. The van der Waals surface area contributed by atoms with Crippen molar-refractivity contribution in [2.75, 3.05) is 18.8 Å². The normalized spacial score (nSPS) is 18.8. The van der Waals surface area contributed by atoms with Gasteiger partial charge in [-0.25, -0.2) is 0 Å². The summed E-state index contributed by atoms with van der Waals surface area (Å²) in [5.41, 5.74) is 5.64. The summed E-state index contributed by atoms with van der Waals surface area (Å²) in [5, 5.41) is 2.93. The van der Waals surface area contributed by atoms with Crippen LogP contribution in [0.3, 0.4) is 0 Å². The second-order valence-electron chi connectivity index (χ2n) is 3.58. The van der Waals surface area contributed by atoms with Gasteiger partial charge in [0.05, 0.1) is 12.0 Å². The number of thiol groups is 1. The SMILES string of the molecule is C=CN(CCS)C(=O)CN1C=CC(N)NC1=C. The van der Waals surface area contributed by atoms with Crippen LogP contribution in [0.25, 0.3) is 0 Å². The Hall–Kier alpha value is -1.40. The number of carbonyl (C=O) groups excluding carboxylic acids is 1. The molecule has 0 bridgehead atoms. The first-order valence-electron chi connectivity index (χ1n) is 5.27. The lowest BCUT2D eigenvalue weighted by Crippen LogP contribution is -2.46. The van der Waals surface area contributed by atoms with Crippen LogP contribution in [0.15, 0.2) is 37.5 Å². The van der Waals surface area contributed by atoms with Gasteiger partial charge in [0.15, 0.2) is 0 Å². The third-order valence-corrected chi connectivity index (χ3v) is 2.54. The summed E-state index contributed by atoms with van der Waals surface area (Å²) in [6.07, 6.45) is 4.78. The molecule has 1 aliphatic heterocycles. The van der Waals surface area contributed by atoms with E-state index in [2.05, 4.69) is 31.1 Å². The number of hydrogen-bond acceptors (Lipinski definition) is 5. The fourth-order valence-electron chi connectivity index (χ4n) is 1.42. The number of nitrogens with zero attached hydrogens (tertiary/aromatic N) is 2.